The number of methoxy groups -OCH3 is 2. The van der Waals surface area contributed by atoms with Crippen LogP contribution in [0.5, 0.6) is 11.5 Å². The van der Waals surface area contributed by atoms with Gasteiger partial charge in [0.15, 0.2) is 0 Å². The topological polar surface area (TPSA) is 18.5 Å². The normalized spacial score (nSPS) is 11.2. The standard InChI is InChI=1S/C32H24O2/c1-33-28-17-9-8-15-24(28)31-25-16-10-18-29(34-2)32(25)30(21-11-4-3-5-12-21)26-19-22-13-6-7-14-23(22)20-27(26)31/h3-20H,1-2H3. The first kappa shape index (κ1) is 20.3. The Bertz CT molecular complexity index is 1670. The fourth-order valence-electron chi connectivity index (χ4n) is 5.15. The summed E-state index contributed by atoms with van der Waals surface area (Å²) in [6, 6.07) is 38.4. The van der Waals surface area contributed by atoms with E-state index in [1.807, 2.05) is 18.2 Å². The van der Waals surface area contributed by atoms with E-state index in [-0.39, 0.29) is 0 Å². The molecule has 2 heteroatoms. The number of hydrogen-bond donors (Lipinski definition) is 0. The SMILES string of the molecule is COc1ccccc1-c1c2cc3ccccc3cc2c(-c2ccccc2)c2c(OC)cccc12. The summed E-state index contributed by atoms with van der Waals surface area (Å²) in [5, 5.41) is 7.08. The van der Waals surface area contributed by atoms with Crippen molar-refractivity contribution in [3.63, 3.8) is 0 Å². The average molecular weight is 441 g/mol. The van der Waals surface area contributed by atoms with Crippen LogP contribution in [-0.4, -0.2) is 14.2 Å². The zero-order chi connectivity index (χ0) is 23.1. The van der Waals surface area contributed by atoms with E-state index in [2.05, 4.69) is 91.0 Å². The van der Waals surface area contributed by atoms with Crippen molar-refractivity contribution in [3.8, 4) is 33.8 Å². The minimum Gasteiger partial charge on any atom is -0.496 e. The highest BCUT2D eigenvalue weighted by Crippen LogP contribution is 2.49. The molecular weight excluding hydrogens is 416 g/mol. The van der Waals surface area contributed by atoms with Gasteiger partial charge in [-0.3, -0.25) is 0 Å². The monoisotopic (exact) mass is 440 g/mol. The van der Waals surface area contributed by atoms with Gasteiger partial charge in [0.05, 0.1) is 14.2 Å². The van der Waals surface area contributed by atoms with Crippen LogP contribution in [0.3, 0.4) is 0 Å². The third-order valence-corrected chi connectivity index (χ3v) is 6.63. The summed E-state index contributed by atoms with van der Waals surface area (Å²) in [6.07, 6.45) is 0. The second-order valence-electron chi connectivity index (χ2n) is 8.44. The lowest BCUT2D eigenvalue weighted by molar-refractivity contribution is 0.416. The van der Waals surface area contributed by atoms with Crippen LogP contribution in [0.4, 0.5) is 0 Å². The lowest BCUT2D eigenvalue weighted by atomic mass is 9.84. The number of rotatable bonds is 4. The van der Waals surface area contributed by atoms with Crippen molar-refractivity contribution < 1.29 is 9.47 Å². The Labute approximate surface area is 199 Å². The van der Waals surface area contributed by atoms with Gasteiger partial charge < -0.3 is 9.47 Å². The van der Waals surface area contributed by atoms with Crippen LogP contribution < -0.4 is 9.47 Å². The summed E-state index contributed by atoms with van der Waals surface area (Å²) in [5.74, 6) is 1.72. The molecule has 0 aliphatic heterocycles. The molecule has 6 rings (SSSR count). The Balaban J connectivity index is 1.93. The molecule has 0 radical (unpaired) electrons. The third kappa shape index (κ3) is 3.11. The van der Waals surface area contributed by atoms with E-state index >= 15 is 0 Å². The molecule has 6 aromatic rings. The summed E-state index contributed by atoms with van der Waals surface area (Å²) >= 11 is 0. The molecule has 0 aliphatic rings. The lowest BCUT2D eigenvalue weighted by Gasteiger charge is -2.21. The number of hydrogen-bond acceptors (Lipinski definition) is 2. The van der Waals surface area contributed by atoms with Gasteiger partial charge in [0.1, 0.15) is 11.5 Å². The molecule has 0 heterocycles. The van der Waals surface area contributed by atoms with Gasteiger partial charge in [-0.05, 0) is 56.8 Å². The predicted octanol–water partition coefficient (Wildman–Crippen LogP) is 8.50. The van der Waals surface area contributed by atoms with Gasteiger partial charge in [-0.1, -0.05) is 84.9 Å². The van der Waals surface area contributed by atoms with Crippen LogP contribution in [0.1, 0.15) is 0 Å². The highest BCUT2D eigenvalue weighted by Gasteiger charge is 2.21. The van der Waals surface area contributed by atoms with Crippen molar-refractivity contribution in [2.75, 3.05) is 14.2 Å². The Hall–Kier alpha value is -4.30. The molecule has 0 N–H and O–H groups in total. The molecule has 0 unspecified atom stereocenters. The van der Waals surface area contributed by atoms with E-state index in [4.69, 9.17) is 9.47 Å². The number of para-hydroxylation sites is 1. The molecule has 0 aromatic heterocycles. The number of ether oxygens (including phenoxy) is 2. The lowest BCUT2D eigenvalue weighted by Crippen LogP contribution is -1.95. The Kier molecular flexibility index (Phi) is 4.92. The van der Waals surface area contributed by atoms with Gasteiger partial charge >= 0.3 is 0 Å². The molecule has 0 atom stereocenters. The Morgan fingerprint density at radius 3 is 1.76 bits per heavy atom. The molecule has 164 valence electrons. The van der Waals surface area contributed by atoms with Crippen LogP contribution in [0, 0.1) is 0 Å². The van der Waals surface area contributed by atoms with Crippen molar-refractivity contribution >= 4 is 32.3 Å². The number of fused-ring (bicyclic) bond motifs is 3. The fraction of sp³-hybridized carbons (Fsp3) is 0.0625. The molecule has 0 saturated carbocycles. The molecule has 0 fully saturated rings. The van der Waals surface area contributed by atoms with E-state index in [1.54, 1.807) is 14.2 Å². The zero-order valence-corrected chi connectivity index (χ0v) is 19.2. The van der Waals surface area contributed by atoms with Crippen LogP contribution >= 0.6 is 0 Å². The maximum Gasteiger partial charge on any atom is 0.127 e. The summed E-state index contributed by atoms with van der Waals surface area (Å²) in [7, 11) is 3.48. The molecule has 0 spiro atoms. The second kappa shape index (κ2) is 8.24. The summed E-state index contributed by atoms with van der Waals surface area (Å²) in [4.78, 5) is 0. The van der Waals surface area contributed by atoms with Crippen LogP contribution in [0.25, 0.3) is 54.6 Å². The number of benzene rings is 6. The fourth-order valence-corrected chi connectivity index (χ4v) is 5.15. The van der Waals surface area contributed by atoms with Crippen LogP contribution in [-0.2, 0) is 0 Å². The third-order valence-electron chi connectivity index (χ3n) is 6.63. The summed E-state index contributed by atoms with van der Waals surface area (Å²) in [5.41, 5.74) is 4.59. The largest absolute Gasteiger partial charge is 0.496 e. The first-order chi connectivity index (χ1) is 16.8. The first-order valence-electron chi connectivity index (χ1n) is 11.4. The van der Waals surface area contributed by atoms with Crippen molar-refractivity contribution in [2.45, 2.75) is 0 Å². The second-order valence-corrected chi connectivity index (χ2v) is 8.44. The van der Waals surface area contributed by atoms with Crippen molar-refractivity contribution in [3.05, 3.63) is 109 Å². The van der Waals surface area contributed by atoms with E-state index in [9.17, 15) is 0 Å². The molecular formula is C32H24O2. The molecule has 0 amide bonds. The Morgan fingerprint density at radius 1 is 0.471 bits per heavy atom. The zero-order valence-electron chi connectivity index (χ0n) is 19.2. The van der Waals surface area contributed by atoms with Gasteiger partial charge in [-0.25, -0.2) is 0 Å². The summed E-state index contributed by atoms with van der Waals surface area (Å²) in [6.45, 7) is 0. The molecule has 0 saturated heterocycles. The van der Waals surface area contributed by atoms with Crippen molar-refractivity contribution in [1.29, 1.82) is 0 Å². The molecule has 0 bridgehead atoms. The van der Waals surface area contributed by atoms with E-state index in [0.717, 1.165) is 33.4 Å². The highest BCUT2D eigenvalue weighted by molar-refractivity contribution is 6.25. The van der Waals surface area contributed by atoms with E-state index < -0.39 is 0 Å². The quantitative estimate of drug-likeness (QED) is 0.256. The summed E-state index contributed by atoms with van der Waals surface area (Å²) < 4.78 is 11.8. The maximum atomic E-state index is 5.94. The average Bonchev–Trinajstić information content (AvgIpc) is 2.90. The van der Waals surface area contributed by atoms with E-state index in [1.165, 1.54) is 32.7 Å². The van der Waals surface area contributed by atoms with Crippen LogP contribution in [0.2, 0.25) is 0 Å². The maximum absolute atomic E-state index is 5.94. The van der Waals surface area contributed by atoms with Gasteiger partial charge in [0.25, 0.3) is 0 Å². The van der Waals surface area contributed by atoms with Gasteiger partial charge in [0, 0.05) is 22.1 Å². The van der Waals surface area contributed by atoms with Crippen LogP contribution in [0.15, 0.2) is 109 Å². The van der Waals surface area contributed by atoms with Crippen molar-refractivity contribution in [1.82, 2.24) is 0 Å². The minimum atomic E-state index is 0.855. The minimum absolute atomic E-state index is 0.855. The van der Waals surface area contributed by atoms with Crippen molar-refractivity contribution in [2.24, 2.45) is 0 Å². The smallest absolute Gasteiger partial charge is 0.127 e. The first-order valence-corrected chi connectivity index (χ1v) is 11.4. The van der Waals surface area contributed by atoms with Gasteiger partial charge in [0.2, 0.25) is 0 Å². The highest BCUT2D eigenvalue weighted by atomic mass is 16.5. The van der Waals surface area contributed by atoms with E-state index in [0.29, 0.717) is 0 Å². The molecule has 2 nitrogen and oxygen atoms in total. The molecule has 0 aliphatic carbocycles. The molecule has 34 heavy (non-hydrogen) atoms. The predicted molar refractivity (Wildman–Crippen MR) is 143 cm³/mol. The Morgan fingerprint density at radius 2 is 1.06 bits per heavy atom. The van der Waals surface area contributed by atoms with Gasteiger partial charge in [-0.2, -0.15) is 0 Å². The molecule has 6 aromatic carbocycles. The van der Waals surface area contributed by atoms with Gasteiger partial charge in [-0.15, -0.1) is 0 Å².